The standard InChI is InChI=1S/C23H27N3O3S/c1-16-6-5-7-17(2)21(16)26-22(28)19-8-3-4-9-20(19)24-23(26)30-15-18(27)14-25-10-12-29-13-11-25/h3-9,18,27H,10-15H2,1-2H3/t18-/m1/s1. The Hall–Kier alpha value is -2.19. The van der Waals surface area contributed by atoms with Crippen LogP contribution in [0.2, 0.25) is 0 Å². The van der Waals surface area contributed by atoms with Crippen molar-refractivity contribution < 1.29 is 9.84 Å². The van der Waals surface area contributed by atoms with E-state index in [1.54, 1.807) is 4.57 Å². The number of ether oxygens (including phenoxy) is 1. The second-order valence-corrected chi connectivity index (χ2v) is 8.66. The average Bonchev–Trinajstić information content (AvgIpc) is 2.74. The summed E-state index contributed by atoms with van der Waals surface area (Å²) in [4.78, 5) is 20.4. The molecule has 30 heavy (non-hydrogen) atoms. The molecular formula is C23H27N3O3S. The fraction of sp³-hybridized carbons (Fsp3) is 0.391. The van der Waals surface area contributed by atoms with Gasteiger partial charge < -0.3 is 9.84 Å². The quantitative estimate of drug-likeness (QED) is 0.484. The van der Waals surface area contributed by atoms with Crippen LogP contribution in [0.1, 0.15) is 11.1 Å². The number of morpholine rings is 1. The third-order valence-electron chi connectivity index (χ3n) is 5.39. The summed E-state index contributed by atoms with van der Waals surface area (Å²) in [6.45, 7) is 7.69. The molecule has 1 aliphatic rings. The normalized spacial score (nSPS) is 16.1. The molecular weight excluding hydrogens is 398 g/mol. The van der Waals surface area contributed by atoms with E-state index in [9.17, 15) is 9.90 Å². The largest absolute Gasteiger partial charge is 0.391 e. The minimum Gasteiger partial charge on any atom is -0.391 e. The van der Waals surface area contributed by atoms with E-state index in [1.165, 1.54) is 11.8 Å². The molecule has 0 unspecified atom stereocenters. The molecule has 0 spiro atoms. The summed E-state index contributed by atoms with van der Waals surface area (Å²) in [6.07, 6.45) is -0.511. The number of aliphatic hydroxyl groups is 1. The van der Waals surface area contributed by atoms with Crippen LogP contribution in [-0.2, 0) is 4.74 Å². The number of benzene rings is 2. The van der Waals surface area contributed by atoms with Gasteiger partial charge >= 0.3 is 0 Å². The Morgan fingerprint density at radius 2 is 1.80 bits per heavy atom. The van der Waals surface area contributed by atoms with Gasteiger partial charge in [0.25, 0.3) is 5.56 Å². The molecule has 1 fully saturated rings. The highest BCUT2D eigenvalue weighted by Crippen LogP contribution is 2.26. The van der Waals surface area contributed by atoms with Gasteiger partial charge in [-0.05, 0) is 37.1 Å². The van der Waals surface area contributed by atoms with Gasteiger partial charge in [0.1, 0.15) is 0 Å². The summed E-state index contributed by atoms with van der Waals surface area (Å²) in [7, 11) is 0. The van der Waals surface area contributed by atoms with Crippen molar-refractivity contribution in [3.8, 4) is 5.69 Å². The van der Waals surface area contributed by atoms with Crippen LogP contribution >= 0.6 is 11.8 Å². The second-order valence-electron chi connectivity index (χ2n) is 7.67. The Balaban J connectivity index is 1.68. The number of rotatable bonds is 6. The van der Waals surface area contributed by atoms with Gasteiger partial charge in [0.15, 0.2) is 5.16 Å². The monoisotopic (exact) mass is 425 g/mol. The number of nitrogens with zero attached hydrogens (tertiary/aromatic N) is 3. The Labute approximate surface area is 180 Å². The van der Waals surface area contributed by atoms with Gasteiger partial charge in [-0.1, -0.05) is 42.1 Å². The molecule has 158 valence electrons. The van der Waals surface area contributed by atoms with Crippen LogP contribution < -0.4 is 5.56 Å². The van der Waals surface area contributed by atoms with Gasteiger partial charge in [-0.3, -0.25) is 14.3 Å². The Bertz CT molecular complexity index is 1070. The number of β-amino-alcohol motifs (C(OH)–C–C–N with tert-alkyl or cyclic N) is 1. The van der Waals surface area contributed by atoms with Crippen molar-refractivity contribution in [2.45, 2.75) is 25.1 Å². The lowest BCUT2D eigenvalue weighted by Crippen LogP contribution is -2.41. The van der Waals surface area contributed by atoms with E-state index in [-0.39, 0.29) is 5.56 Å². The maximum atomic E-state index is 13.4. The fourth-order valence-corrected chi connectivity index (χ4v) is 4.78. The zero-order valence-corrected chi connectivity index (χ0v) is 18.2. The number of fused-ring (bicyclic) bond motifs is 1. The van der Waals surface area contributed by atoms with Gasteiger partial charge in [-0.15, -0.1) is 0 Å². The van der Waals surface area contributed by atoms with Crippen molar-refractivity contribution in [1.29, 1.82) is 0 Å². The van der Waals surface area contributed by atoms with Crippen LogP contribution in [0.25, 0.3) is 16.6 Å². The van der Waals surface area contributed by atoms with Gasteiger partial charge in [0, 0.05) is 25.4 Å². The van der Waals surface area contributed by atoms with Crippen LogP contribution in [0.4, 0.5) is 0 Å². The molecule has 0 radical (unpaired) electrons. The van der Waals surface area contributed by atoms with E-state index < -0.39 is 6.10 Å². The van der Waals surface area contributed by atoms with Gasteiger partial charge in [0.05, 0.1) is 35.9 Å². The van der Waals surface area contributed by atoms with Crippen LogP contribution in [-0.4, -0.2) is 64.3 Å². The van der Waals surface area contributed by atoms with E-state index in [2.05, 4.69) is 4.90 Å². The zero-order chi connectivity index (χ0) is 21.1. The topological polar surface area (TPSA) is 67.6 Å². The third kappa shape index (κ3) is 4.44. The number of hydrogen-bond acceptors (Lipinski definition) is 6. The summed E-state index contributed by atoms with van der Waals surface area (Å²) < 4.78 is 7.08. The first-order valence-electron chi connectivity index (χ1n) is 10.2. The molecule has 7 heteroatoms. The summed E-state index contributed by atoms with van der Waals surface area (Å²) >= 11 is 1.43. The molecule has 1 aromatic heterocycles. The Morgan fingerprint density at radius 3 is 2.53 bits per heavy atom. The zero-order valence-electron chi connectivity index (χ0n) is 17.4. The molecule has 1 aliphatic heterocycles. The third-order valence-corrected chi connectivity index (χ3v) is 6.47. The molecule has 1 N–H and O–H groups in total. The van der Waals surface area contributed by atoms with Gasteiger partial charge in [0.2, 0.25) is 0 Å². The summed E-state index contributed by atoms with van der Waals surface area (Å²) in [5.41, 5.74) is 3.50. The molecule has 0 aliphatic carbocycles. The molecule has 6 nitrogen and oxygen atoms in total. The highest BCUT2D eigenvalue weighted by molar-refractivity contribution is 7.99. The number of aryl methyl sites for hydroxylation is 2. The van der Waals surface area contributed by atoms with Crippen molar-refractivity contribution in [3.63, 3.8) is 0 Å². The van der Waals surface area contributed by atoms with E-state index in [0.717, 1.165) is 29.9 Å². The van der Waals surface area contributed by atoms with Crippen molar-refractivity contribution >= 4 is 22.7 Å². The summed E-state index contributed by atoms with van der Waals surface area (Å²) in [6, 6.07) is 13.4. The second kappa shape index (κ2) is 9.31. The first kappa shape index (κ1) is 21.1. The van der Waals surface area contributed by atoms with Crippen LogP contribution in [0, 0.1) is 13.8 Å². The highest BCUT2D eigenvalue weighted by atomic mass is 32.2. The molecule has 0 amide bonds. The molecule has 3 aromatic rings. The van der Waals surface area contributed by atoms with Crippen molar-refractivity contribution in [2.24, 2.45) is 0 Å². The van der Waals surface area contributed by atoms with Crippen molar-refractivity contribution in [3.05, 3.63) is 63.9 Å². The predicted molar refractivity (Wildman–Crippen MR) is 121 cm³/mol. The number of thioether (sulfide) groups is 1. The molecule has 0 saturated carbocycles. The highest BCUT2D eigenvalue weighted by Gasteiger charge is 2.19. The van der Waals surface area contributed by atoms with Crippen molar-refractivity contribution in [1.82, 2.24) is 14.5 Å². The van der Waals surface area contributed by atoms with Gasteiger partial charge in [-0.2, -0.15) is 0 Å². The number of hydrogen-bond donors (Lipinski definition) is 1. The lowest BCUT2D eigenvalue weighted by molar-refractivity contribution is 0.0188. The average molecular weight is 426 g/mol. The summed E-state index contributed by atoms with van der Waals surface area (Å²) in [5, 5.41) is 11.8. The number of para-hydroxylation sites is 2. The fourth-order valence-electron chi connectivity index (χ4n) is 3.87. The predicted octanol–water partition coefficient (Wildman–Crippen LogP) is 2.79. The number of aromatic nitrogens is 2. The first-order valence-corrected chi connectivity index (χ1v) is 11.2. The van der Waals surface area contributed by atoms with Crippen molar-refractivity contribution in [2.75, 3.05) is 38.6 Å². The minimum atomic E-state index is -0.511. The Kier molecular flexibility index (Phi) is 6.53. The van der Waals surface area contributed by atoms with Crippen LogP contribution in [0.5, 0.6) is 0 Å². The summed E-state index contributed by atoms with van der Waals surface area (Å²) in [5.74, 6) is 0.465. The first-order chi connectivity index (χ1) is 14.5. The lowest BCUT2D eigenvalue weighted by Gasteiger charge is -2.28. The van der Waals surface area contributed by atoms with E-state index in [0.29, 0.717) is 41.6 Å². The maximum absolute atomic E-state index is 13.4. The van der Waals surface area contributed by atoms with E-state index >= 15 is 0 Å². The Morgan fingerprint density at radius 1 is 1.10 bits per heavy atom. The maximum Gasteiger partial charge on any atom is 0.266 e. The smallest absolute Gasteiger partial charge is 0.266 e. The van der Waals surface area contributed by atoms with E-state index in [1.807, 2.05) is 56.3 Å². The molecule has 2 heterocycles. The lowest BCUT2D eigenvalue weighted by atomic mass is 10.1. The van der Waals surface area contributed by atoms with Crippen LogP contribution in [0.3, 0.4) is 0 Å². The number of aliphatic hydroxyl groups excluding tert-OH is 1. The van der Waals surface area contributed by atoms with Crippen LogP contribution in [0.15, 0.2) is 52.4 Å². The molecule has 2 aromatic carbocycles. The molecule has 1 atom stereocenters. The van der Waals surface area contributed by atoms with Gasteiger partial charge in [-0.25, -0.2) is 4.98 Å². The minimum absolute atomic E-state index is 0.0804. The van der Waals surface area contributed by atoms with E-state index in [4.69, 9.17) is 9.72 Å². The SMILES string of the molecule is Cc1cccc(C)c1-n1c(SC[C@H](O)CN2CCOCC2)nc2ccccc2c1=O. The molecule has 4 rings (SSSR count). The molecule has 1 saturated heterocycles. The molecule has 0 bridgehead atoms.